The molecule has 10 heteroatoms. The Morgan fingerprint density at radius 1 is 1.09 bits per heavy atom. The molecule has 2 aromatic carbocycles. The van der Waals surface area contributed by atoms with Gasteiger partial charge in [-0.05, 0) is 81.1 Å². The Morgan fingerprint density at radius 3 is 2.49 bits per heavy atom. The maximum absolute atomic E-state index is 14.1. The van der Waals surface area contributed by atoms with Crippen LogP contribution in [0.25, 0.3) is 22.4 Å². The Morgan fingerprint density at radius 2 is 1.79 bits per heavy atom. The average Bonchev–Trinajstić information content (AvgIpc) is 3.36. The number of nitrogens with zero attached hydrogens (tertiary/aromatic N) is 3. The van der Waals surface area contributed by atoms with Gasteiger partial charge in [0.05, 0.1) is 29.7 Å². The van der Waals surface area contributed by atoms with E-state index in [-0.39, 0.29) is 24.4 Å². The van der Waals surface area contributed by atoms with Gasteiger partial charge in [0.15, 0.2) is 0 Å². The molecular weight excluding hydrogens is 567 g/mol. The number of benzene rings is 2. The van der Waals surface area contributed by atoms with Crippen molar-refractivity contribution in [2.75, 3.05) is 46.0 Å². The van der Waals surface area contributed by atoms with E-state index in [0.29, 0.717) is 30.9 Å². The molecule has 230 valence electrons. The Labute approximate surface area is 255 Å². The second-order valence-corrected chi connectivity index (χ2v) is 14.2. The lowest BCUT2D eigenvalue weighted by Gasteiger charge is -2.30. The van der Waals surface area contributed by atoms with E-state index in [9.17, 15) is 18.5 Å². The quantitative estimate of drug-likeness (QED) is 0.324. The molecule has 1 aromatic heterocycles. The van der Waals surface area contributed by atoms with Crippen LogP contribution in [0.15, 0.2) is 54.6 Å². The number of morpholine rings is 1. The maximum atomic E-state index is 14.1. The number of carbonyl (C=O) groups is 1. The van der Waals surface area contributed by atoms with E-state index in [0.717, 1.165) is 67.1 Å². The van der Waals surface area contributed by atoms with E-state index in [1.807, 2.05) is 55.4 Å². The number of ether oxygens (including phenoxy) is 1. The lowest BCUT2D eigenvalue weighted by molar-refractivity contribution is 0.0374. The van der Waals surface area contributed by atoms with Crippen LogP contribution in [0.3, 0.4) is 0 Å². The molecule has 2 N–H and O–H groups in total. The zero-order chi connectivity index (χ0) is 30.6. The molecule has 43 heavy (non-hydrogen) atoms. The van der Waals surface area contributed by atoms with Gasteiger partial charge in [0.1, 0.15) is 22.5 Å². The lowest BCUT2D eigenvalue weighted by atomic mass is 9.94. The van der Waals surface area contributed by atoms with Gasteiger partial charge in [-0.2, -0.15) is 0 Å². The molecule has 0 spiro atoms. The van der Waals surface area contributed by atoms with Crippen molar-refractivity contribution in [1.82, 2.24) is 19.5 Å². The summed E-state index contributed by atoms with van der Waals surface area (Å²) in [6.45, 7) is 10.8. The minimum absolute atomic E-state index is 0.0872. The Kier molecular flexibility index (Phi) is 10.0. The molecule has 2 atom stereocenters. The van der Waals surface area contributed by atoms with Crippen molar-refractivity contribution in [3.8, 4) is 22.4 Å². The van der Waals surface area contributed by atoms with Gasteiger partial charge in [-0.3, -0.25) is 9.69 Å². The summed E-state index contributed by atoms with van der Waals surface area (Å²) < 4.78 is 34.5. The van der Waals surface area contributed by atoms with Crippen molar-refractivity contribution >= 4 is 16.9 Å². The van der Waals surface area contributed by atoms with Gasteiger partial charge in [-0.25, -0.2) is 17.9 Å². The number of rotatable bonds is 10. The van der Waals surface area contributed by atoms with Crippen molar-refractivity contribution in [3.05, 3.63) is 77.2 Å². The van der Waals surface area contributed by atoms with Gasteiger partial charge in [-0.1, -0.05) is 30.3 Å². The SMILES string of the molecule is CC(C)(C)S(=O)N1Cc2cc(C(=O)NCCCN3CCOCC3)nc(-c3cccc(-c4cccc(F)c4)c3)c2[C@@H]1CCO. The highest BCUT2D eigenvalue weighted by Crippen LogP contribution is 2.44. The number of nitrogens with one attached hydrogen (secondary N) is 1. The van der Waals surface area contributed by atoms with E-state index >= 15 is 0 Å². The second-order valence-electron chi connectivity index (χ2n) is 12.0. The number of hydrogen-bond donors (Lipinski definition) is 2. The van der Waals surface area contributed by atoms with Crippen molar-refractivity contribution < 1.29 is 23.2 Å². The molecule has 1 fully saturated rings. The highest BCUT2D eigenvalue weighted by molar-refractivity contribution is 7.84. The van der Waals surface area contributed by atoms with Crippen LogP contribution in [-0.4, -0.2) is 80.2 Å². The highest BCUT2D eigenvalue weighted by Gasteiger charge is 2.40. The normalized spacial score (nSPS) is 18.4. The van der Waals surface area contributed by atoms with E-state index in [1.54, 1.807) is 12.1 Å². The van der Waals surface area contributed by atoms with Crippen LogP contribution in [0.4, 0.5) is 4.39 Å². The number of aromatic nitrogens is 1. The molecular formula is C33H41FN4O4S. The van der Waals surface area contributed by atoms with E-state index in [2.05, 4.69) is 10.2 Å². The third-order valence-electron chi connectivity index (χ3n) is 7.86. The molecule has 0 bridgehead atoms. The van der Waals surface area contributed by atoms with Crippen molar-refractivity contribution in [2.45, 2.75) is 50.9 Å². The number of aliphatic hydroxyl groups is 1. The summed E-state index contributed by atoms with van der Waals surface area (Å²) in [4.78, 5) is 20.7. The number of aliphatic hydroxyl groups excluding tert-OH is 1. The first kappa shape index (κ1) is 31.4. The van der Waals surface area contributed by atoms with Crippen molar-refractivity contribution in [2.24, 2.45) is 0 Å². The van der Waals surface area contributed by atoms with Gasteiger partial charge in [-0.15, -0.1) is 0 Å². The largest absolute Gasteiger partial charge is 0.396 e. The van der Waals surface area contributed by atoms with Crippen LogP contribution in [0.5, 0.6) is 0 Å². The molecule has 0 radical (unpaired) electrons. The third kappa shape index (κ3) is 7.38. The number of fused-ring (bicyclic) bond motifs is 1. The summed E-state index contributed by atoms with van der Waals surface area (Å²) in [6, 6.07) is 15.6. The molecule has 3 heterocycles. The molecule has 8 nitrogen and oxygen atoms in total. The molecule has 2 aliphatic rings. The number of halogens is 1. The maximum Gasteiger partial charge on any atom is 0.269 e. The zero-order valence-corrected chi connectivity index (χ0v) is 26.0. The van der Waals surface area contributed by atoms with Crippen LogP contribution >= 0.6 is 0 Å². The monoisotopic (exact) mass is 608 g/mol. The van der Waals surface area contributed by atoms with Crippen molar-refractivity contribution in [3.63, 3.8) is 0 Å². The number of hydrogen-bond acceptors (Lipinski definition) is 6. The molecule has 5 rings (SSSR count). The van der Waals surface area contributed by atoms with Gasteiger partial charge < -0.3 is 15.2 Å². The molecule has 3 aromatic rings. The Balaban J connectivity index is 1.50. The standard InChI is InChI=1S/C33H41FN4O4S/c1-33(2,3)43(41)38-22-26-21-28(32(40)35-12-6-13-37-14-17-42-18-15-37)36-31(30(26)29(38)11-16-39)25-9-4-7-23(19-25)24-8-5-10-27(34)20-24/h4-5,7-10,19-21,29,39H,6,11-18,22H2,1-3H3,(H,35,40)/t29-,43?/m0/s1. The highest BCUT2D eigenvalue weighted by atomic mass is 32.2. The van der Waals surface area contributed by atoms with Crippen molar-refractivity contribution in [1.29, 1.82) is 0 Å². The topological polar surface area (TPSA) is 95.0 Å². The summed E-state index contributed by atoms with van der Waals surface area (Å²) >= 11 is 0. The van der Waals surface area contributed by atoms with Crippen LogP contribution in [0.1, 0.15) is 61.3 Å². The second kappa shape index (κ2) is 13.7. The fourth-order valence-electron chi connectivity index (χ4n) is 5.74. The predicted molar refractivity (Wildman–Crippen MR) is 167 cm³/mol. The van der Waals surface area contributed by atoms with E-state index in [1.165, 1.54) is 12.1 Å². The van der Waals surface area contributed by atoms with Crippen LogP contribution < -0.4 is 5.32 Å². The van der Waals surface area contributed by atoms with Gasteiger partial charge >= 0.3 is 0 Å². The van der Waals surface area contributed by atoms with E-state index in [4.69, 9.17) is 9.72 Å². The number of pyridine rings is 1. The summed E-state index contributed by atoms with van der Waals surface area (Å²) in [6.07, 6.45) is 1.19. The minimum atomic E-state index is -1.36. The smallest absolute Gasteiger partial charge is 0.269 e. The van der Waals surface area contributed by atoms with Crippen LogP contribution in [0, 0.1) is 5.82 Å². The molecule has 0 aliphatic carbocycles. The minimum Gasteiger partial charge on any atom is -0.396 e. The summed E-state index contributed by atoms with van der Waals surface area (Å²) in [5.74, 6) is -0.584. The first-order valence-corrected chi connectivity index (χ1v) is 16.0. The van der Waals surface area contributed by atoms with Gasteiger partial charge in [0, 0.05) is 43.9 Å². The fraction of sp³-hybridized carbons (Fsp3) is 0.455. The summed E-state index contributed by atoms with van der Waals surface area (Å²) in [5, 5.41) is 13.1. The Hall–Kier alpha value is -3.02. The molecule has 1 saturated heterocycles. The summed E-state index contributed by atoms with van der Waals surface area (Å²) in [5.41, 5.74) is 4.96. The summed E-state index contributed by atoms with van der Waals surface area (Å²) in [7, 11) is -1.36. The molecule has 0 saturated carbocycles. The molecule has 2 aliphatic heterocycles. The predicted octanol–water partition coefficient (Wildman–Crippen LogP) is 4.71. The number of carbonyl (C=O) groups excluding carboxylic acids is 1. The Bertz CT molecular complexity index is 1470. The fourth-order valence-corrected chi connectivity index (χ4v) is 7.14. The molecule has 1 unspecified atom stereocenters. The van der Waals surface area contributed by atoms with E-state index < -0.39 is 15.7 Å². The first-order valence-electron chi connectivity index (χ1n) is 14.9. The third-order valence-corrected chi connectivity index (χ3v) is 9.71. The lowest BCUT2D eigenvalue weighted by Crippen LogP contribution is -2.38. The van der Waals surface area contributed by atoms with Crippen LogP contribution in [0.2, 0.25) is 0 Å². The van der Waals surface area contributed by atoms with Gasteiger partial charge in [0.25, 0.3) is 5.91 Å². The zero-order valence-electron chi connectivity index (χ0n) is 25.1. The number of amides is 1. The first-order chi connectivity index (χ1) is 20.7. The van der Waals surface area contributed by atoms with Gasteiger partial charge in [0.2, 0.25) is 0 Å². The molecule has 1 amide bonds. The average molecular weight is 609 g/mol. The van der Waals surface area contributed by atoms with Crippen LogP contribution in [-0.2, 0) is 22.3 Å².